The van der Waals surface area contributed by atoms with Crippen LogP contribution in [0.2, 0.25) is 5.02 Å². The molecule has 0 amide bonds. The topological polar surface area (TPSA) is 21.3 Å². The van der Waals surface area contributed by atoms with E-state index in [1.54, 1.807) is 7.11 Å². The van der Waals surface area contributed by atoms with E-state index in [9.17, 15) is 0 Å². The van der Waals surface area contributed by atoms with Crippen molar-refractivity contribution in [1.29, 1.82) is 0 Å². The van der Waals surface area contributed by atoms with Crippen LogP contribution >= 0.6 is 11.6 Å². The molecule has 1 N–H and O–H groups in total. The maximum Gasteiger partial charge on any atom is 0.143 e. The van der Waals surface area contributed by atoms with E-state index in [4.69, 9.17) is 16.3 Å². The molecule has 0 spiro atoms. The number of methoxy groups -OCH3 is 1. The highest BCUT2D eigenvalue weighted by molar-refractivity contribution is 6.31. The van der Waals surface area contributed by atoms with Gasteiger partial charge in [0.1, 0.15) is 5.75 Å². The number of ether oxygens (including phenoxy) is 1. The summed E-state index contributed by atoms with van der Waals surface area (Å²) in [5, 5.41) is 4.36. The first-order chi connectivity index (χ1) is 8.60. The molecular formula is C15H22ClNO. The third-order valence-electron chi connectivity index (χ3n) is 3.86. The van der Waals surface area contributed by atoms with Crippen LogP contribution < -0.4 is 10.1 Å². The molecule has 1 aliphatic carbocycles. The van der Waals surface area contributed by atoms with Gasteiger partial charge in [-0.2, -0.15) is 0 Å². The molecule has 100 valence electrons. The van der Waals surface area contributed by atoms with E-state index < -0.39 is 0 Å². The van der Waals surface area contributed by atoms with E-state index >= 15 is 0 Å². The van der Waals surface area contributed by atoms with Gasteiger partial charge in [-0.25, -0.2) is 0 Å². The molecule has 0 atom stereocenters. The number of aryl methyl sites for hydroxylation is 1. The quantitative estimate of drug-likeness (QED) is 0.861. The predicted octanol–water partition coefficient (Wildman–Crippen LogP) is 4.65. The molecule has 18 heavy (non-hydrogen) atoms. The van der Waals surface area contributed by atoms with Gasteiger partial charge in [-0.1, -0.05) is 18.5 Å². The van der Waals surface area contributed by atoms with E-state index in [0.717, 1.165) is 27.9 Å². The summed E-state index contributed by atoms with van der Waals surface area (Å²) < 4.78 is 5.40. The van der Waals surface area contributed by atoms with Crippen molar-refractivity contribution >= 4 is 17.3 Å². The second-order valence-electron chi connectivity index (χ2n) is 5.40. The van der Waals surface area contributed by atoms with Crippen LogP contribution in [0.3, 0.4) is 0 Å². The second kappa shape index (κ2) is 5.83. The molecule has 0 aliphatic heterocycles. The lowest BCUT2D eigenvalue weighted by atomic mass is 9.87. The Morgan fingerprint density at radius 3 is 2.50 bits per heavy atom. The molecule has 1 fully saturated rings. The molecule has 0 radical (unpaired) electrons. The molecule has 3 heteroatoms. The molecule has 1 aliphatic rings. The molecule has 0 heterocycles. The van der Waals surface area contributed by atoms with Crippen molar-refractivity contribution in [2.24, 2.45) is 5.92 Å². The van der Waals surface area contributed by atoms with E-state index in [0.29, 0.717) is 6.04 Å². The van der Waals surface area contributed by atoms with Crippen LogP contribution in [0.15, 0.2) is 12.1 Å². The van der Waals surface area contributed by atoms with Crippen LogP contribution in [0.4, 0.5) is 5.69 Å². The number of hydrogen-bond donors (Lipinski definition) is 1. The van der Waals surface area contributed by atoms with Gasteiger partial charge in [0, 0.05) is 17.1 Å². The van der Waals surface area contributed by atoms with E-state index in [1.165, 1.54) is 25.7 Å². The zero-order valence-electron chi connectivity index (χ0n) is 11.4. The molecule has 2 nitrogen and oxygen atoms in total. The molecule has 0 aromatic heterocycles. The van der Waals surface area contributed by atoms with Gasteiger partial charge in [0.25, 0.3) is 0 Å². The first-order valence-corrected chi connectivity index (χ1v) is 7.08. The average molecular weight is 268 g/mol. The fourth-order valence-electron chi connectivity index (χ4n) is 2.57. The molecule has 0 saturated heterocycles. The lowest BCUT2D eigenvalue weighted by Gasteiger charge is -2.28. The average Bonchev–Trinajstić information content (AvgIpc) is 2.36. The summed E-state index contributed by atoms with van der Waals surface area (Å²) in [6.45, 7) is 4.36. The predicted molar refractivity (Wildman–Crippen MR) is 77.8 cm³/mol. The normalized spacial score (nSPS) is 23.8. The molecular weight excluding hydrogens is 246 g/mol. The number of halogens is 1. The fourth-order valence-corrected chi connectivity index (χ4v) is 2.72. The van der Waals surface area contributed by atoms with Crippen molar-refractivity contribution in [1.82, 2.24) is 0 Å². The molecule has 2 rings (SSSR count). The Morgan fingerprint density at radius 1 is 1.22 bits per heavy atom. The minimum absolute atomic E-state index is 0.565. The molecule has 1 aromatic rings. The molecule has 1 aromatic carbocycles. The highest BCUT2D eigenvalue weighted by Crippen LogP contribution is 2.33. The van der Waals surface area contributed by atoms with Crippen molar-refractivity contribution in [3.8, 4) is 5.75 Å². The van der Waals surface area contributed by atoms with Gasteiger partial charge in [-0.15, -0.1) is 0 Å². The number of rotatable bonds is 3. The van der Waals surface area contributed by atoms with Crippen LogP contribution in [-0.2, 0) is 0 Å². The van der Waals surface area contributed by atoms with Gasteiger partial charge < -0.3 is 10.1 Å². The lowest BCUT2D eigenvalue weighted by molar-refractivity contribution is 0.359. The Bertz CT molecular complexity index is 411. The lowest BCUT2D eigenvalue weighted by Crippen LogP contribution is -2.25. The Balaban J connectivity index is 2.10. The van der Waals surface area contributed by atoms with E-state index in [2.05, 4.69) is 18.3 Å². The van der Waals surface area contributed by atoms with Crippen molar-refractivity contribution in [3.63, 3.8) is 0 Å². The van der Waals surface area contributed by atoms with Gasteiger partial charge in [-0.3, -0.25) is 0 Å². The van der Waals surface area contributed by atoms with Crippen LogP contribution in [0.25, 0.3) is 0 Å². The minimum Gasteiger partial charge on any atom is -0.495 e. The minimum atomic E-state index is 0.565. The number of nitrogens with one attached hydrogen (secondary N) is 1. The van der Waals surface area contributed by atoms with Crippen molar-refractivity contribution < 1.29 is 4.74 Å². The van der Waals surface area contributed by atoms with Crippen molar-refractivity contribution in [3.05, 3.63) is 22.7 Å². The smallest absolute Gasteiger partial charge is 0.143 e. The van der Waals surface area contributed by atoms with Crippen molar-refractivity contribution in [2.45, 2.75) is 45.6 Å². The molecule has 0 bridgehead atoms. The second-order valence-corrected chi connectivity index (χ2v) is 5.81. The number of benzene rings is 1. The summed E-state index contributed by atoms with van der Waals surface area (Å²) >= 11 is 6.12. The maximum absolute atomic E-state index is 6.12. The zero-order chi connectivity index (χ0) is 13.1. The Kier molecular flexibility index (Phi) is 4.39. The summed E-state index contributed by atoms with van der Waals surface area (Å²) in [4.78, 5) is 0. The molecule has 0 unspecified atom stereocenters. The summed E-state index contributed by atoms with van der Waals surface area (Å²) in [5.74, 6) is 1.71. The zero-order valence-corrected chi connectivity index (χ0v) is 12.2. The van der Waals surface area contributed by atoms with E-state index in [-0.39, 0.29) is 0 Å². The largest absolute Gasteiger partial charge is 0.495 e. The van der Waals surface area contributed by atoms with Crippen LogP contribution in [0.1, 0.15) is 38.2 Å². The summed E-state index contributed by atoms with van der Waals surface area (Å²) in [7, 11) is 1.69. The van der Waals surface area contributed by atoms with Gasteiger partial charge in [-0.05, 0) is 50.2 Å². The first-order valence-electron chi connectivity index (χ1n) is 6.71. The molecule has 1 saturated carbocycles. The highest BCUT2D eigenvalue weighted by atomic mass is 35.5. The van der Waals surface area contributed by atoms with Crippen molar-refractivity contribution in [2.75, 3.05) is 12.4 Å². The van der Waals surface area contributed by atoms with Gasteiger partial charge in [0.15, 0.2) is 0 Å². The Morgan fingerprint density at radius 2 is 1.89 bits per heavy atom. The SMILES string of the molecule is COc1cc(Cl)c(C)cc1NC1CCC(C)CC1. The standard InChI is InChI=1S/C15H22ClNO/c1-10-4-6-12(7-5-10)17-14-8-11(2)13(16)9-15(14)18-3/h8-10,12,17H,4-7H2,1-3H3. The van der Waals surface area contributed by atoms with Gasteiger partial charge in [0.2, 0.25) is 0 Å². The summed E-state index contributed by atoms with van der Waals surface area (Å²) in [6, 6.07) is 4.54. The number of anilines is 1. The maximum atomic E-state index is 6.12. The van der Waals surface area contributed by atoms with Crippen LogP contribution in [-0.4, -0.2) is 13.2 Å². The third-order valence-corrected chi connectivity index (χ3v) is 4.26. The Labute approximate surface area is 115 Å². The summed E-state index contributed by atoms with van der Waals surface area (Å²) in [5.41, 5.74) is 2.16. The number of hydrogen-bond acceptors (Lipinski definition) is 2. The Hall–Kier alpha value is -0.890. The van der Waals surface area contributed by atoms with Gasteiger partial charge in [0.05, 0.1) is 12.8 Å². The highest BCUT2D eigenvalue weighted by Gasteiger charge is 2.19. The monoisotopic (exact) mass is 267 g/mol. The third kappa shape index (κ3) is 3.11. The van der Waals surface area contributed by atoms with Crippen LogP contribution in [0.5, 0.6) is 5.75 Å². The summed E-state index contributed by atoms with van der Waals surface area (Å²) in [6.07, 6.45) is 5.11. The first kappa shape index (κ1) is 13.5. The van der Waals surface area contributed by atoms with Gasteiger partial charge >= 0.3 is 0 Å². The van der Waals surface area contributed by atoms with Crippen LogP contribution in [0, 0.1) is 12.8 Å². The van der Waals surface area contributed by atoms with E-state index in [1.807, 2.05) is 13.0 Å². The fraction of sp³-hybridized carbons (Fsp3) is 0.600.